The number of nitrogens with zero attached hydrogens (tertiary/aromatic N) is 3. The molecule has 86 valence electrons. The fourth-order valence-corrected chi connectivity index (χ4v) is 1.80. The summed E-state index contributed by atoms with van der Waals surface area (Å²) >= 11 is 0. The van der Waals surface area contributed by atoms with E-state index in [1.54, 1.807) is 0 Å². The number of nitriles is 1. The Morgan fingerprint density at radius 2 is 2.44 bits per heavy atom. The summed E-state index contributed by atoms with van der Waals surface area (Å²) in [6, 6.07) is 2.10. The summed E-state index contributed by atoms with van der Waals surface area (Å²) in [4.78, 5) is 4.30. The molecule has 1 unspecified atom stereocenters. The van der Waals surface area contributed by atoms with Crippen LogP contribution in [0.2, 0.25) is 0 Å². The summed E-state index contributed by atoms with van der Waals surface area (Å²) in [7, 11) is 0. The first kappa shape index (κ1) is 11.1. The van der Waals surface area contributed by atoms with Crippen LogP contribution in [0.3, 0.4) is 0 Å². The average Bonchev–Trinajstić information content (AvgIpc) is 2.91. The predicted molar refractivity (Wildman–Crippen MR) is 55.5 cm³/mol. The second kappa shape index (κ2) is 5.61. The summed E-state index contributed by atoms with van der Waals surface area (Å²) in [5, 5.41) is 12.3. The van der Waals surface area contributed by atoms with Crippen LogP contribution in [0.1, 0.15) is 31.0 Å². The van der Waals surface area contributed by atoms with E-state index in [0.717, 1.165) is 38.3 Å². The van der Waals surface area contributed by atoms with Crippen molar-refractivity contribution in [2.24, 2.45) is 5.92 Å². The molecule has 2 rings (SSSR count). The van der Waals surface area contributed by atoms with Gasteiger partial charge in [0.1, 0.15) is 0 Å². The molecule has 0 bridgehead atoms. The van der Waals surface area contributed by atoms with Gasteiger partial charge in [-0.15, -0.1) is 0 Å². The molecule has 1 aromatic heterocycles. The second-order valence-electron chi connectivity index (χ2n) is 4.05. The van der Waals surface area contributed by atoms with E-state index >= 15 is 0 Å². The molecule has 1 atom stereocenters. The summed E-state index contributed by atoms with van der Waals surface area (Å²) in [5.41, 5.74) is 0. The Kier molecular flexibility index (Phi) is 3.89. The molecule has 0 amide bonds. The lowest BCUT2D eigenvalue weighted by atomic mass is 10.1. The summed E-state index contributed by atoms with van der Waals surface area (Å²) in [6.45, 7) is 1.65. The van der Waals surface area contributed by atoms with Crippen LogP contribution in [0.25, 0.3) is 0 Å². The highest BCUT2D eigenvalue weighted by molar-refractivity contribution is 4.90. The van der Waals surface area contributed by atoms with Crippen LogP contribution in [0, 0.1) is 17.2 Å². The fraction of sp³-hybridized carbons (Fsp3) is 0.727. The minimum absolute atomic E-state index is 0.532. The highest BCUT2D eigenvalue weighted by Crippen LogP contribution is 2.16. The third-order valence-electron chi connectivity index (χ3n) is 2.68. The maximum atomic E-state index is 8.41. The number of hydrogen-bond acceptors (Lipinski definition) is 5. The van der Waals surface area contributed by atoms with Gasteiger partial charge in [0, 0.05) is 32.5 Å². The van der Waals surface area contributed by atoms with Crippen LogP contribution in [0.5, 0.6) is 0 Å². The monoisotopic (exact) mass is 221 g/mol. The number of rotatable bonds is 5. The molecule has 2 heterocycles. The van der Waals surface area contributed by atoms with E-state index < -0.39 is 0 Å². The number of ether oxygens (including phenoxy) is 1. The van der Waals surface area contributed by atoms with Gasteiger partial charge in [-0.25, -0.2) is 0 Å². The molecule has 0 spiro atoms. The van der Waals surface area contributed by atoms with Crippen molar-refractivity contribution in [1.29, 1.82) is 5.26 Å². The predicted octanol–water partition coefficient (Wildman–Crippen LogP) is 1.49. The Hall–Kier alpha value is -1.41. The van der Waals surface area contributed by atoms with Gasteiger partial charge >= 0.3 is 0 Å². The van der Waals surface area contributed by atoms with Crippen LogP contribution in [0.15, 0.2) is 4.52 Å². The van der Waals surface area contributed by atoms with Crippen LogP contribution in [0.4, 0.5) is 0 Å². The van der Waals surface area contributed by atoms with E-state index in [1.165, 1.54) is 0 Å². The molecule has 1 aliphatic heterocycles. The zero-order valence-electron chi connectivity index (χ0n) is 9.19. The van der Waals surface area contributed by atoms with Crippen molar-refractivity contribution in [2.75, 3.05) is 13.2 Å². The van der Waals surface area contributed by atoms with Gasteiger partial charge in [0.05, 0.1) is 6.07 Å². The van der Waals surface area contributed by atoms with Crippen molar-refractivity contribution in [3.8, 4) is 6.07 Å². The normalized spacial score (nSPS) is 19.8. The first-order valence-corrected chi connectivity index (χ1v) is 5.64. The van der Waals surface area contributed by atoms with Crippen molar-refractivity contribution in [3.63, 3.8) is 0 Å². The van der Waals surface area contributed by atoms with Crippen molar-refractivity contribution in [3.05, 3.63) is 11.7 Å². The third kappa shape index (κ3) is 3.04. The van der Waals surface area contributed by atoms with Gasteiger partial charge in [-0.3, -0.25) is 0 Å². The van der Waals surface area contributed by atoms with Crippen LogP contribution >= 0.6 is 0 Å². The van der Waals surface area contributed by atoms with Gasteiger partial charge in [0.15, 0.2) is 5.82 Å². The molecule has 1 aromatic rings. The Bertz CT molecular complexity index is 364. The topological polar surface area (TPSA) is 71.9 Å². The number of unbranched alkanes of at least 4 members (excludes halogenated alkanes) is 1. The second-order valence-corrected chi connectivity index (χ2v) is 4.05. The molecule has 1 aliphatic rings. The highest BCUT2D eigenvalue weighted by Gasteiger charge is 2.18. The van der Waals surface area contributed by atoms with E-state index in [0.29, 0.717) is 24.7 Å². The largest absolute Gasteiger partial charge is 0.381 e. The van der Waals surface area contributed by atoms with Crippen LogP contribution in [-0.4, -0.2) is 23.4 Å². The van der Waals surface area contributed by atoms with E-state index in [4.69, 9.17) is 14.5 Å². The smallest absolute Gasteiger partial charge is 0.226 e. The van der Waals surface area contributed by atoms with Gasteiger partial charge < -0.3 is 9.26 Å². The number of aromatic nitrogens is 2. The molecule has 0 aromatic carbocycles. The quantitative estimate of drug-likeness (QED) is 0.704. The minimum atomic E-state index is 0.532. The van der Waals surface area contributed by atoms with Crippen molar-refractivity contribution >= 4 is 0 Å². The first-order chi connectivity index (χ1) is 7.88. The van der Waals surface area contributed by atoms with Crippen LogP contribution in [-0.2, 0) is 17.6 Å². The number of aryl methyl sites for hydroxylation is 1. The fourth-order valence-electron chi connectivity index (χ4n) is 1.80. The Morgan fingerprint density at radius 1 is 1.50 bits per heavy atom. The average molecular weight is 221 g/mol. The van der Waals surface area contributed by atoms with Gasteiger partial charge in [-0.2, -0.15) is 10.2 Å². The van der Waals surface area contributed by atoms with E-state index in [-0.39, 0.29) is 0 Å². The maximum absolute atomic E-state index is 8.41. The van der Waals surface area contributed by atoms with E-state index in [2.05, 4.69) is 16.2 Å². The lowest BCUT2D eigenvalue weighted by molar-refractivity contribution is 0.185. The molecule has 0 saturated carbocycles. The van der Waals surface area contributed by atoms with Crippen molar-refractivity contribution in [2.45, 2.75) is 32.1 Å². The van der Waals surface area contributed by atoms with E-state index in [9.17, 15) is 0 Å². The summed E-state index contributed by atoms with van der Waals surface area (Å²) in [6.07, 6.45) is 3.93. The maximum Gasteiger partial charge on any atom is 0.226 e. The van der Waals surface area contributed by atoms with Crippen molar-refractivity contribution < 1.29 is 9.26 Å². The first-order valence-electron chi connectivity index (χ1n) is 5.64. The highest BCUT2D eigenvalue weighted by atomic mass is 16.5. The number of hydrogen-bond donors (Lipinski definition) is 0. The standard InChI is InChI=1S/C11H15N3O2/c12-5-2-1-3-11-13-10(14-16-11)7-9-4-6-15-8-9/h9H,1-4,6-8H2. The Balaban J connectivity index is 1.80. The SMILES string of the molecule is N#CCCCc1nc(CC2CCOC2)no1. The van der Waals surface area contributed by atoms with Gasteiger partial charge in [-0.05, 0) is 18.8 Å². The molecule has 0 N–H and O–H groups in total. The zero-order valence-corrected chi connectivity index (χ0v) is 9.19. The minimum Gasteiger partial charge on any atom is -0.381 e. The molecule has 0 aliphatic carbocycles. The molecule has 5 nitrogen and oxygen atoms in total. The lowest BCUT2D eigenvalue weighted by Gasteiger charge is -2.00. The Labute approximate surface area is 94.4 Å². The Morgan fingerprint density at radius 3 is 3.19 bits per heavy atom. The molecule has 16 heavy (non-hydrogen) atoms. The van der Waals surface area contributed by atoms with Crippen molar-refractivity contribution in [1.82, 2.24) is 10.1 Å². The molecule has 1 saturated heterocycles. The molecular weight excluding hydrogens is 206 g/mol. The zero-order chi connectivity index (χ0) is 11.2. The summed E-state index contributed by atoms with van der Waals surface area (Å²) < 4.78 is 10.4. The van der Waals surface area contributed by atoms with Gasteiger partial charge in [0.25, 0.3) is 0 Å². The van der Waals surface area contributed by atoms with E-state index in [1.807, 2.05) is 0 Å². The molecule has 1 fully saturated rings. The molecule has 5 heteroatoms. The lowest BCUT2D eigenvalue weighted by Crippen LogP contribution is -2.04. The van der Waals surface area contributed by atoms with Gasteiger partial charge in [-0.1, -0.05) is 5.16 Å². The van der Waals surface area contributed by atoms with Crippen LogP contribution < -0.4 is 0 Å². The molecule has 0 radical (unpaired) electrons. The summed E-state index contributed by atoms with van der Waals surface area (Å²) in [5.74, 6) is 1.94. The molecular formula is C11H15N3O2. The third-order valence-corrected chi connectivity index (χ3v) is 2.68. The van der Waals surface area contributed by atoms with Gasteiger partial charge in [0.2, 0.25) is 5.89 Å².